The highest BCUT2D eigenvalue weighted by molar-refractivity contribution is 5.94. The van der Waals surface area contributed by atoms with Crippen LogP contribution in [0.1, 0.15) is 48.9 Å². The molecule has 1 aromatic carbocycles. The average Bonchev–Trinajstić information content (AvgIpc) is 3.19. The Bertz CT molecular complexity index is 576. The Kier molecular flexibility index (Phi) is 8.39. The maximum absolute atomic E-state index is 12.7. The Labute approximate surface area is 162 Å². The zero-order valence-electron chi connectivity index (χ0n) is 15.3. The summed E-state index contributed by atoms with van der Waals surface area (Å²) >= 11 is 0. The fourth-order valence-corrected chi connectivity index (χ4v) is 3.88. The lowest BCUT2D eigenvalue weighted by Gasteiger charge is -2.36. The molecule has 2 heterocycles. The Morgan fingerprint density at radius 2 is 1.96 bits per heavy atom. The van der Waals surface area contributed by atoms with Gasteiger partial charge in [-0.1, -0.05) is 18.2 Å². The molecule has 2 saturated heterocycles. The summed E-state index contributed by atoms with van der Waals surface area (Å²) < 4.78 is 0. The maximum atomic E-state index is 12.7. The van der Waals surface area contributed by atoms with E-state index in [0.29, 0.717) is 24.4 Å². The van der Waals surface area contributed by atoms with E-state index in [-0.39, 0.29) is 30.3 Å². The van der Waals surface area contributed by atoms with Gasteiger partial charge in [-0.25, -0.2) is 0 Å². The molecule has 0 saturated carbocycles. The molecule has 0 radical (unpaired) electrons. The van der Waals surface area contributed by atoms with Gasteiger partial charge in [0.25, 0.3) is 5.91 Å². The van der Waals surface area contributed by atoms with Gasteiger partial charge < -0.3 is 15.5 Å². The van der Waals surface area contributed by atoms with Crippen LogP contribution in [0.25, 0.3) is 0 Å². The van der Waals surface area contributed by atoms with Crippen molar-refractivity contribution in [3.63, 3.8) is 0 Å². The van der Waals surface area contributed by atoms with E-state index in [9.17, 15) is 9.59 Å². The lowest BCUT2D eigenvalue weighted by Crippen LogP contribution is -2.49. The number of likely N-dealkylation sites (tertiary alicyclic amines) is 1. The minimum atomic E-state index is -0.0596. The Hall–Kier alpha value is -1.59. The second kappa shape index (κ2) is 10.5. The van der Waals surface area contributed by atoms with Gasteiger partial charge in [0.05, 0.1) is 0 Å². The zero-order valence-corrected chi connectivity index (χ0v) is 16.1. The lowest BCUT2D eigenvalue weighted by molar-refractivity contribution is -0.135. The monoisotopic (exact) mass is 379 g/mol. The molecule has 26 heavy (non-hydrogen) atoms. The molecule has 2 N–H and O–H groups in total. The predicted molar refractivity (Wildman–Crippen MR) is 106 cm³/mol. The van der Waals surface area contributed by atoms with E-state index in [1.54, 1.807) is 0 Å². The summed E-state index contributed by atoms with van der Waals surface area (Å²) in [5.74, 6) is 0.839. The molecule has 0 aliphatic carbocycles. The van der Waals surface area contributed by atoms with Crippen LogP contribution in [0.2, 0.25) is 0 Å². The number of nitrogens with zero attached hydrogens (tertiary/aromatic N) is 1. The third-order valence-electron chi connectivity index (χ3n) is 5.41. The molecule has 2 fully saturated rings. The summed E-state index contributed by atoms with van der Waals surface area (Å²) in [5.41, 5.74) is 0.671. The van der Waals surface area contributed by atoms with Crippen molar-refractivity contribution >= 4 is 24.2 Å². The van der Waals surface area contributed by atoms with Crippen LogP contribution in [0.3, 0.4) is 0 Å². The van der Waals surface area contributed by atoms with Gasteiger partial charge in [-0.15, -0.1) is 12.4 Å². The van der Waals surface area contributed by atoms with Gasteiger partial charge in [0, 0.05) is 31.1 Å². The summed E-state index contributed by atoms with van der Waals surface area (Å²) in [6, 6.07) is 9.39. The summed E-state index contributed by atoms with van der Waals surface area (Å²) in [6.45, 7) is 3.50. The van der Waals surface area contributed by atoms with E-state index in [0.717, 1.165) is 45.3 Å². The zero-order chi connectivity index (χ0) is 17.5. The van der Waals surface area contributed by atoms with Crippen molar-refractivity contribution < 1.29 is 9.59 Å². The molecule has 0 aromatic heterocycles. The molecule has 2 aliphatic rings. The van der Waals surface area contributed by atoms with E-state index < -0.39 is 0 Å². The van der Waals surface area contributed by atoms with Crippen molar-refractivity contribution in [2.75, 3.05) is 26.2 Å². The van der Waals surface area contributed by atoms with Crippen LogP contribution in [0, 0.1) is 5.92 Å². The van der Waals surface area contributed by atoms with Gasteiger partial charge in [0.1, 0.15) is 0 Å². The highest BCUT2D eigenvalue weighted by Gasteiger charge is 2.27. The largest absolute Gasteiger partial charge is 0.350 e. The van der Waals surface area contributed by atoms with Crippen LogP contribution >= 0.6 is 12.4 Å². The number of halogens is 1. The van der Waals surface area contributed by atoms with Gasteiger partial charge in [-0.2, -0.15) is 0 Å². The number of hydrogen-bond donors (Lipinski definition) is 2. The molecule has 2 atom stereocenters. The highest BCUT2D eigenvalue weighted by Crippen LogP contribution is 2.20. The first-order valence-corrected chi connectivity index (χ1v) is 9.57. The van der Waals surface area contributed by atoms with Crippen LogP contribution in [0.5, 0.6) is 0 Å². The van der Waals surface area contributed by atoms with Gasteiger partial charge in [-0.05, 0) is 63.2 Å². The van der Waals surface area contributed by atoms with Gasteiger partial charge in [-0.3, -0.25) is 9.59 Å². The van der Waals surface area contributed by atoms with Crippen LogP contribution in [0.4, 0.5) is 0 Å². The van der Waals surface area contributed by atoms with E-state index in [4.69, 9.17) is 0 Å². The Morgan fingerprint density at radius 1 is 1.15 bits per heavy atom. The molecule has 1 aromatic rings. The number of hydrogen-bond acceptors (Lipinski definition) is 3. The van der Waals surface area contributed by atoms with Crippen LogP contribution in [0.15, 0.2) is 30.3 Å². The summed E-state index contributed by atoms with van der Waals surface area (Å²) in [4.78, 5) is 26.9. The molecular weight excluding hydrogens is 350 g/mol. The summed E-state index contributed by atoms with van der Waals surface area (Å²) in [5, 5.41) is 6.37. The van der Waals surface area contributed by atoms with E-state index in [2.05, 4.69) is 10.6 Å². The average molecular weight is 380 g/mol. The number of amides is 2. The third-order valence-corrected chi connectivity index (χ3v) is 5.41. The maximum Gasteiger partial charge on any atom is 0.251 e. The molecule has 6 heteroatoms. The summed E-state index contributed by atoms with van der Waals surface area (Å²) in [7, 11) is 0. The first-order chi connectivity index (χ1) is 12.2. The number of benzene rings is 1. The number of carbonyl (C=O) groups excluding carboxylic acids is 2. The minimum absolute atomic E-state index is 0. The van der Waals surface area contributed by atoms with Crippen molar-refractivity contribution in [2.45, 2.75) is 44.6 Å². The summed E-state index contributed by atoms with van der Waals surface area (Å²) in [6.07, 6.45) is 5.97. The van der Waals surface area contributed by atoms with Crippen LogP contribution in [-0.2, 0) is 4.79 Å². The SMILES string of the molecule is Cl.O=C(NCC1CCCCN1C(=O)CCC1CCNC1)c1ccccc1. The molecule has 144 valence electrons. The molecule has 0 bridgehead atoms. The van der Waals surface area contributed by atoms with Gasteiger partial charge in [0.15, 0.2) is 0 Å². The smallest absolute Gasteiger partial charge is 0.251 e. The normalized spacial score (nSPS) is 22.5. The van der Waals surface area contributed by atoms with E-state index in [1.807, 2.05) is 35.2 Å². The molecule has 2 unspecified atom stereocenters. The topological polar surface area (TPSA) is 61.4 Å². The van der Waals surface area contributed by atoms with Gasteiger partial charge >= 0.3 is 0 Å². The Morgan fingerprint density at radius 3 is 2.69 bits per heavy atom. The van der Waals surface area contributed by atoms with Crippen molar-refractivity contribution in [2.24, 2.45) is 5.92 Å². The number of carbonyl (C=O) groups is 2. The van der Waals surface area contributed by atoms with E-state index >= 15 is 0 Å². The van der Waals surface area contributed by atoms with Crippen molar-refractivity contribution in [1.82, 2.24) is 15.5 Å². The fourth-order valence-electron chi connectivity index (χ4n) is 3.88. The third kappa shape index (κ3) is 5.71. The molecule has 2 amide bonds. The molecule has 0 spiro atoms. The number of piperidine rings is 1. The van der Waals surface area contributed by atoms with Crippen molar-refractivity contribution in [3.05, 3.63) is 35.9 Å². The van der Waals surface area contributed by atoms with Gasteiger partial charge in [0.2, 0.25) is 5.91 Å². The van der Waals surface area contributed by atoms with Crippen molar-refractivity contribution in [3.8, 4) is 0 Å². The quantitative estimate of drug-likeness (QED) is 0.798. The second-order valence-corrected chi connectivity index (χ2v) is 7.21. The Balaban J connectivity index is 0.00000243. The lowest BCUT2D eigenvalue weighted by atomic mass is 9.98. The first kappa shape index (κ1) is 20.7. The second-order valence-electron chi connectivity index (χ2n) is 7.21. The molecular formula is C20H30ClN3O2. The minimum Gasteiger partial charge on any atom is -0.350 e. The standard InChI is InChI=1S/C20H29N3O2.ClH/c24-19(10-9-16-11-12-21-14-16)23-13-5-4-8-18(23)15-22-20(25)17-6-2-1-3-7-17;/h1-3,6-7,16,18,21H,4-5,8-15H2,(H,22,25);1H. The predicted octanol–water partition coefficient (Wildman–Crippen LogP) is 2.61. The number of nitrogens with one attached hydrogen (secondary N) is 2. The fraction of sp³-hybridized carbons (Fsp3) is 0.600. The van der Waals surface area contributed by atoms with Crippen LogP contribution in [-0.4, -0.2) is 48.9 Å². The molecule has 3 rings (SSSR count). The first-order valence-electron chi connectivity index (χ1n) is 9.57. The van der Waals surface area contributed by atoms with E-state index in [1.165, 1.54) is 6.42 Å². The highest BCUT2D eigenvalue weighted by atomic mass is 35.5. The number of rotatable bonds is 6. The molecule has 2 aliphatic heterocycles. The van der Waals surface area contributed by atoms with Crippen molar-refractivity contribution in [1.29, 1.82) is 0 Å². The molecule has 5 nitrogen and oxygen atoms in total. The van der Waals surface area contributed by atoms with Crippen LogP contribution < -0.4 is 10.6 Å².